The molecule has 2 aromatic rings. The highest BCUT2D eigenvalue weighted by atomic mass is 16.4. The van der Waals surface area contributed by atoms with Gasteiger partial charge in [-0.2, -0.15) is 0 Å². The number of nitrogens with two attached hydrogens (primary N) is 1. The lowest BCUT2D eigenvalue weighted by Gasteiger charge is -2.04. The van der Waals surface area contributed by atoms with Gasteiger partial charge in [0.15, 0.2) is 0 Å². The van der Waals surface area contributed by atoms with E-state index in [1.54, 1.807) is 12.1 Å². The second-order valence-corrected chi connectivity index (χ2v) is 3.62. The number of anilines is 1. The summed E-state index contributed by atoms with van der Waals surface area (Å²) in [5.41, 5.74) is 8.90. The van der Waals surface area contributed by atoms with Crippen LogP contribution in [-0.4, -0.2) is 17.2 Å². The molecule has 0 radical (unpaired) electrons. The smallest absolute Gasteiger partial charge is 0.423 e. The summed E-state index contributed by atoms with van der Waals surface area (Å²) >= 11 is 0. The summed E-state index contributed by atoms with van der Waals surface area (Å²) in [6.07, 6.45) is 0. The second kappa shape index (κ2) is 4.39. The minimum Gasteiger partial charge on any atom is -0.423 e. The predicted octanol–water partition coefficient (Wildman–Crippen LogP) is 0.616. The van der Waals surface area contributed by atoms with Crippen molar-refractivity contribution in [3.63, 3.8) is 0 Å². The van der Waals surface area contributed by atoms with Crippen LogP contribution in [0.15, 0.2) is 48.5 Å². The molecule has 2 aromatic carbocycles. The Hall–Kier alpha value is -1.78. The maximum absolute atomic E-state index is 8.96. The van der Waals surface area contributed by atoms with Crippen LogP contribution >= 0.6 is 0 Å². The first-order valence-corrected chi connectivity index (χ1v) is 4.99. The Bertz CT molecular complexity index is 483. The molecule has 0 aromatic heterocycles. The van der Waals surface area contributed by atoms with Gasteiger partial charge in [0.2, 0.25) is 0 Å². The molecule has 0 heterocycles. The van der Waals surface area contributed by atoms with Crippen molar-refractivity contribution in [2.75, 3.05) is 5.73 Å². The third kappa shape index (κ3) is 2.24. The van der Waals surface area contributed by atoms with E-state index in [1.807, 2.05) is 36.4 Å². The van der Waals surface area contributed by atoms with E-state index < -0.39 is 7.12 Å². The number of benzene rings is 2. The van der Waals surface area contributed by atoms with Crippen molar-refractivity contribution < 1.29 is 10.0 Å². The second-order valence-electron chi connectivity index (χ2n) is 3.62. The Morgan fingerprint density at radius 1 is 0.875 bits per heavy atom. The molecule has 0 saturated carbocycles. The zero-order chi connectivity index (χ0) is 11.5. The van der Waals surface area contributed by atoms with Crippen LogP contribution in [0.4, 0.5) is 5.69 Å². The van der Waals surface area contributed by atoms with E-state index in [0.717, 1.165) is 11.1 Å². The fourth-order valence-electron chi connectivity index (χ4n) is 1.57. The summed E-state index contributed by atoms with van der Waals surface area (Å²) in [4.78, 5) is 0. The van der Waals surface area contributed by atoms with Gasteiger partial charge in [-0.1, -0.05) is 36.4 Å². The number of hydrogen-bond donors (Lipinski definition) is 3. The van der Waals surface area contributed by atoms with Crippen LogP contribution in [0.25, 0.3) is 11.1 Å². The molecule has 0 fully saturated rings. The molecule has 0 aliphatic rings. The molecule has 16 heavy (non-hydrogen) atoms. The van der Waals surface area contributed by atoms with E-state index >= 15 is 0 Å². The number of hydrogen-bond acceptors (Lipinski definition) is 3. The first kappa shape index (κ1) is 10.7. The Morgan fingerprint density at radius 2 is 1.56 bits per heavy atom. The van der Waals surface area contributed by atoms with E-state index in [4.69, 9.17) is 15.8 Å². The van der Waals surface area contributed by atoms with Gasteiger partial charge in [-0.3, -0.25) is 0 Å². The molecule has 0 atom stereocenters. The fraction of sp³-hybridized carbons (Fsp3) is 0. The summed E-state index contributed by atoms with van der Waals surface area (Å²) in [5, 5.41) is 17.9. The topological polar surface area (TPSA) is 66.5 Å². The van der Waals surface area contributed by atoms with Crippen molar-refractivity contribution in [1.29, 1.82) is 0 Å². The van der Waals surface area contributed by atoms with Crippen LogP contribution in [0.1, 0.15) is 0 Å². The van der Waals surface area contributed by atoms with Crippen molar-refractivity contribution in [3.8, 4) is 11.1 Å². The third-order valence-corrected chi connectivity index (χ3v) is 2.43. The molecule has 0 unspecified atom stereocenters. The molecule has 0 aliphatic carbocycles. The van der Waals surface area contributed by atoms with Crippen LogP contribution in [0.2, 0.25) is 0 Å². The summed E-state index contributed by atoms with van der Waals surface area (Å²) in [6, 6.07) is 14.6. The van der Waals surface area contributed by atoms with E-state index in [2.05, 4.69) is 0 Å². The zero-order valence-electron chi connectivity index (χ0n) is 8.67. The van der Waals surface area contributed by atoms with Gasteiger partial charge in [-0.15, -0.1) is 0 Å². The Balaban J connectivity index is 2.35. The van der Waals surface area contributed by atoms with Gasteiger partial charge in [0.25, 0.3) is 0 Å². The third-order valence-electron chi connectivity index (χ3n) is 2.43. The van der Waals surface area contributed by atoms with Crippen LogP contribution in [-0.2, 0) is 0 Å². The Labute approximate surface area is 94.3 Å². The van der Waals surface area contributed by atoms with Gasteiger partial charge >= 0.3 is 7.12 Å². The van der Waals surface area contributed by atoms with Crippen molar-refractivity contribution in [2.45, 2.75) is 0 Å². The molecule has 0 spiro atoms. The quantitative estimate of drug-likeness (QED) is 0.505. The Morgan fingerprint density at radius 3 is 2.12 bits per heavy atom. The van der Waals surface area contributed by atoms with E-state index in [-0.39, 0.29) is 0 Å². The van der Waals surface area contributed by atoms with Crippen molar-refractivity contribution in [1.82, 2.24) is 0 Å². The maximum atomic E-state index is 8.96. The molecule has 0 amide bonds. The molecule has 3 nitrogen and oxygen atoms in total. The lowest BCUT2D eigenvalue weighted by Crippen LogP contribution is -2.29. The van der Waals surface area contributed by atoms with Gasteiger partial charge in [0, 0.05) is 5.69 Å². The van der Waals surface area contributed by atoms with Gasteiger partial charge in [0.1, 0.15) is 0 Å². The summed E-state index contributed by atoms with van der Waals surface area (Å²) in [6.45, 7) is 0. The average Bonchev–Trinajstić information content (AvgIpc) is 2.29. The van der Waals surface area contributed by atoms with Gasteiger partial charge in [-0.05, 0) is 28.7 Å². The zero-order valence-corrected chi connectivity index (χ0v) is 8.67. The molecule has 4 heteroatoms. The molecule has 4 N–H and O–H groups in total. The highest BCUT2D eigenvalue weighted by Gasteiger charge is 2.09. The lowest BCUT2D eigenvalue weighted by molar-refractivity contribution is 0.426. The van der Waals surface area contributed by atoms with Gasteiger partial charge in [0.05, 0.1) is 0 Å². The minimum atomic E-state index is -1.42. The highest BCUT2D eigenvalue weighted by molar-refractivity contribution is 6.58. The van der Waals surface area contributed by atoms with Crippen molar-refractivity contribution in [2.24, 2.45) is 0 Å². The minimum absolute atomic E-state index is 0.479. The molecule has 2 rings (SSSR count). The van der Waals surface area contributed by atoms with Crippen molar-refractivity contribution in [3.05, 3.63) is 48.5 Å². The standard InChI is InChI=1S/C12H12BNO2/c14-12-3-1-2-10(8-12)9-4-6-11(7-5-9)13(15)16/h1-8,15-16H,14H2. The number of nitrogen functional groups attached to an aromatic ring is 1. The SMILES string of the molecule is Nc1cccc(-c2ccc(B(O)O)cc2)c1. The van der Waals surface area contributed by atoms with Crippen LogP contribution in [0.5, 0.6) is 0 Å². The number of rotatable bonds is 2. The van der Waals surface area contributed by atoms with E-state index in [0.29, 0.717) is 11.2 Å². The molecular formula is C12H12BNO2. The van der Waals surface area contributed by atoms with Gasteiger partial charge in [-0.25, -0.2) is 0 Å². The van der Waals surface area contributed by atoms with Crippen LogP contribution in [0, 0.1) is 0 Å². The summed E-state index contributed by atoms with van der Waals surface area (Å²) < 4.78 is 0. The van der Waals surface area contributed by atoms with E-state index in [9.17, 15) is 0 Å². The Kier molecular flexibility index (Phi) is 2.94. The average molecular weight is 213 g/mol. The predicted molar refractivity (Wildman–Crippen MR) is 66.1 cm³/mol. The molecule has 0 aliphatic heterocycles. The normalized spacial score (nSPS) is 10.1. The molecule has 0 bridgehead atoms. The first-order valence-electron chi connectivity index (χ1n) is 4.99. The molecular weight excluding hydrogens is 201 g/mol. The van der Waals surface area contributed by atoms with Crippen LogP contribution < -0.4 is 11.2 Å². The molecule has 80 valence electrons. The summed E-state index contributed by atoms with van der Waals surface area (Å²) in [7, 11) is -1.42. The fourth-order valence-corrected chi connectivity index (χ4v) is 1.57. The highest BCUT2D eigenvalue weighted by Crippen LogP contribution is 2.20. The molecule has 0 saturated heterocycles. The lowest BCUT2D eigenvalue weighted by atomic mass is 9.80. The summed E-state index contributed by atoms with van der Waals surface area (Å²) in [5.74, 6) is 0. The van der Waals surface area contributed by atoms with Gasteiger partial charge < -0.3 is 15.8 Å². The van der Waals surface area contributed by atoms with Crippen molar-refractivity contribution >= 4 is 18.3 Å². The largest absolute Gasteiger partial charge is 0.488 e. The van der Waals surface area contributed by atoms with Crippen LogP contribution in [0.3, 0.4) is 0 Å². The van der Waals surface area contributed by atoms with E-state index in [1.165, 1.54) is 0 Å². The monoisotopic (exact) mass is 213 g/mol. The first-order chi connectivity index (χ1) is 7.66. The maximum Gasteiger partial charge on any atom is 0.488 e.